The molecule has 1 aliphatic rings. The fraction of sp³-hybridized carbons (Fsp3) is 0.316. The highest BCUT2D eigenvalue weighted by atomic mass is 32.2. The first kappa shape index (κ1) is 20.5. The van der Waals surface area contributed by atoms with E-state index in [1.807, 2.05) is 6.07 Å². The Morgan fingerprint density at radius 3 is 2.71 bits per heavy atom. The SMILES string of the molecule is CN(C)S(=O)(=O)c1cccc(CSCCC(=O)Nc2ccc3c(c2)OCO3)c1. The van der Waals surface area contributed by atoms with Crippen molar-refractivity contribution in [1.29, 1.82) is 0 Å². The van der Waals surface area contributed by atoms with E-state index in [0.717, 1.165) is 5.56 Å². The minimum Gasteiger partial charge on any atom is -0.454 e. The van der Waals surface area contributed by atoms with Crippen molar-refractivity contribution >= 4 is 33.4 Å². The molecule has 2 aromatic carbocycles. The van der Waals surface area contributed by atoms with Gasteiger partial charge in [0.25, 0.3) is 0 Å². The van der Waals surface area contributed by atoms with Crippen LogP contribution >= 0.6 is 11.8 Å². The van der Waals surface area contributed by atoms with E-state index in [4.69, 9.17) is 9.47 Å². The van der Waals surface area contributed by atoms with Gasteiger partial charge in [0.1, 0.15) is 0 Å². The van der Waals surface area contributed by atoms with Crippen LogP contribution in [0.1, 0.15) is 12.0 Å². The zero-order valence-corrected chi connectivity index (χ0v) is 17.3. The summed E-state index contributed by atoms with van der Waals surface area (Å²) in [5.74, 6) is 2.47. The molecule has 0 fully saturated rings. The number of nitrogens with one attached hydrogen (secondary N) is 1. The molecule has 1 amide bonds. The average Bonchev–Trinajstić information content (AvgIpc) is 3.13. The maximum atomic E-state index is 12.2. The van der Waals surface area contributed by atoms with E-state index in [2.05, 4.69) is 5.32 Å². The Bertz CT molecular complexity index is 961. The molecule has 9 heteroatoms. The van der Waals surface area contributed by atoms with Crippen LogP contribution in [-0.4, -0.2) is 45.3 Å². The summed E-state index contributed by atoms with van der Waals surface area (Å²) in [7, 11) is -0.423. The van der Waals surface area contributed by atoms with Crippen LogP contribution in [0.3, 0.4) is 0 Å². The second-order valence-corrected chi connectivity index (χ2v) is 9.61. The van der Waals surface area contributed by atoms with Crippen LogP contribution in [0.5, 0.6) is 11.5 Å². The number of carbonyl (C=O) groups is 1. The van der Waals surface area contributed by atoms with E-state index < -0.39 is 10.0 Å². The Morgan fingerprint density at radius 2 is 1.93 bits per heavy atom. The van der Waals surface area contributed by atoms with Crippen molar-refractivity contribution in [1.82, 2.24) is 4.31 Å². The third kappa shape index (κ3) is 4.98. The number of amides is 1. The highest BCUT2D eigenvalue weighted by Gasteiger charge is 2.17. The molecule has 0 saturated heterocycles. The molecule has 0 aromatic heterocycles. The van der Waals surface area contributed by atoms with Gasteiger partial charge in [-0.3, -0.25) is 4.79 Å². The number of fused-ring (bicyclic) bond motifs is 1. The van der Waals surface area contributed by atoms with Gasteiger partial charge in [-0.05, 0) is 29.8 Å². The molecule has 28 heavy (non-hydrogen) atoms. The Kier molecular flexibility index (Phi) is 6.48. The summed E-state index contributed by atoms with van der Waals surface area (Å²) in [6.45, 7) is 0.195. The van der Waals surface area contributed by atoms with Gasteiger partial charge in [-0.25, -0.2) is 12.7 Å². The summed E-state index contributed by atoms with van der Waals surface area (Å²) in [5.41, 5.74) is 1.57. The van der Waals surface area contributed by atoms with E-state index in [1.54, 1.807) is 48.2 Å². The van der Waals surface area contributed by atoms with E-state index in [-0.39, 0.29) is 17.6 Å². The van der Waals surface area contributed by atoms with Crippen molar-refractivity contribution in [2.75, 3.05) is 32.0 Å². The minimum absolute atomic E-state index is 0.0877. The van der Waals surface area contributed by atoms with Crippen LogP contribution in [-0.2, 0) is 20.6 Å². The van der Waals surface area contributed by atoms with E-state index in [9.17, 15) is 13.2 Å². The molecule has 0 spiro atoms. The van der Waals surface area contributed by atoms with E-state index in [0.29, 0.717) is 35.1 Å². The summed E-state index contributed by atoms with van der Waals surface area (Å²) in [6.07, 6.45) is 0.356. The molecule has 0 radical (unpaired) electrons. The third-order valence-corrected chi connectivity index (χ3v) is 6.92. The molecule has 0 unspecified atom stereocenters. The Morgan fingerprint density at radius 1 is 1.14 bits per heavy atom. The first-order valence-electron chi connectivity index (χ1n) is 8.65. The molecule has 0 atom stereocenters. The lowest BCUT2D eigenvalue weighted by Crippen LogP contribution is -2.22. The molecule has 150 valence electrons. The maximum Gasteiger partial charge on any atom is 0.242 e. The largest absolute Gasteiger partial charge is 0.454 e. The average molecular weight is 423 g/mol. The van der Waals surface area contributed by atoms with Gasteiger partial charge in [-0.2, -0.15) is 11.8 Å². The molecule has 0 saturated carbocycles. The topological polar surface area (TPSA) is 84.9 Å². The molecule has 2 aromatic rings. The number of thioether (sulfide) groups is 1. The summed E-state index contributed by atoms with van der Waals surface area (Å²) < 4.78 is 36.1. The normalized spacial score (nSPS) is 13.0. The lowest BCUT2D eigenvalue weighted by Gasteiger charge is -2.12. The Hall–Kier alpha value is -2.23. The van der Waals surface area contributed by atoms with Crippen LogP contribution in [0.15, 0.2) is 47.4 Å². The van der Waals surface area contributed by atoms with Crippen molar-refractivity contribution < 1.29 is 22.7 Å². The van der Waals surface area contributed by atoms with Gasteiger partial charge < -0.3 is 14.8 Å². The van der Waals surface area contributed by atoms with Crippen LogP contribution in [0.4, 0.5) is 5.69 Å². The van der Waals surface area contributed by atoms with Crippen LogP contribution in [0.2, 0.25) is 0 Å². The quantitative estimate of drug-likeness (QED) is 0.659. The summed E-state index contributed by atoms with van der Waals surface area (Å²) in [4.78, 5) is 12.4. The number of nitrogens with zero attached hydrogens (tertiary/aromatic N) is 1. The summed E-state index contributed by atoms with van der Waals surface area (Å²) >= 11 is 1.58. The second kappa shape index (κ2) is 8.85. The number of hydrogen-bond acceptors (Lipinski definition) is 6. The number of ether oxygens (including phenoxy) is 2. The van der Waals surface area contributed by atoms with Crippen molar-refractivity contribution in [3.8, 4) is 11.5 Å². The van der Waals surface area contributed by atoms with Gasteiger partial charge in [0.05, 0.1) is 4.90 Å². The summed E-state index contributed by atoms with van der Waals surface area (Å²) in [5, 5.41) is 2.84. The van der Waals surface area contributed by atoms with Gasteiger partial charge in [-0.15, -0.1) is 0 Å². The number of rotatable bonds is 8. The predicted octanol–water partition coefficient (Wildman–Crippen LogP) is 2.93. The number of hydrogen-bond donors (Lipinski definition) is 1. The first-order valence-corrected chi connectivity index (χ1v) is 11.2. The van der Waals surface area contributed by atoms with E-state index >= 15 is 0 Å². The smallest absolute Gasteiger partial charge is 0.242 e. The molecule has 3 rings (SSSR count). The fourth-order valence-electron chi connectivity index (χ4n) is 2.56. The predicted molar refractivity (Wildman–Crippen MR) is 109 cm³/mol. The molecular weight excluding hydrogens is 400 g/mol. The third-order valence-electron chi connectivity index (χ3n) is 4.08. The first-order chi connectivity index (χ1) is 13.4. The molecule has 0 aliphatic carbocycles. The molecule has 1 aliphatic heterocycles. The Labute approximate surface area is 169 Å². The zero-order valence-electron chi connectivity index (χ0n) is 15.7. The standard InChI is InChI=1S/C19H22N2O5S2/c1-21(2)28(23,24)16-5-3-4-14(10-16)12-27-9-8-19(22)20-15-6-7-17-18(11-15)26-13-25-17/h3-7,10-11H,8-9,12-13H2,1-2H3,(H,20,22). The van der Waals surface area contributed by atoms with Gasteiger partial charge in [0.15, 0.2) is 11.5 Å². The molecular formula is C19H22N2O5S2. The molecule has 0 bridgehead atoms. The van der Waals surface area contributed by atoms with Gasteiger partial charge in [-0.1, -0.05) is 12.1 Å². The number of benzene rings is 2. The van der Waals surface area contributed by atoms with Crippen molar-refractivity contribution in [3.63, 3.8) is 0 Å². The minimum atomic E-state index is -3.44. The molecule has 7 nitrogen and oxygen atoms in total. The number of carbonyl (C=O) groups excluding carboxylic acids is 1. The zero-order chi connectivity index (χ0) is 20.1. The molecule has 1 heterocycles. The van der Waals surface area contributed by atoms with E-state index in [1.165, 1.54) is 18.4 Å². The lowest BCUT2D eigenvalue weighted by atomic mass is 10.2. The van der Waals surface area contributed by atoms with Gasteiger partial charge >= 0.3 is 0 Å². The fourth-order valence-corrected chi connectivity index (χ4v) is 4.42. The number of anilines is 1. The summed E-state index contributed by atoms with van der Waals surface area (Å²) in [6, 6.07) is 12.2. The second-order valence-electron chi connectivity index (χ2n) is 6.35. The Balaban J connectivity index is 1.46. The van der Waals surface area contributed by atoms with Crippen LogP contribution in [0, 0.1) is 0 Å². The highest BCUT2D eigenvalue weighted by Crippen LogP contribution is 2.34. The number of sulfonamides is 1. The van der Waals surface area contributed by atoms with Crippen LogP contribution in [0.25, 0.3) is 0 Å². The van der Waals surface area contributed by atoms with Gasteiger partial charge in [0.2, 0.25) is 22.7 Å². The van der Waals surface area contributed by atoms with Crippen molar-refractivity contribution in [3.05, 3.63) is 48.0 Å². The van der Waals surface area contributed by atoms with Crippen molar-refractivity contribution in [2.24, 2.45) is 0 Å². The van der Waals surface area contributed by atoms with Gasteiger partial charge in [0, 0.05) is 43.8 Å². The maximum absolute atomic E-state index is 12.2. The van der Waals surface area contributed by atoms with Crippen LogP contribution < -0.4 is 14.8 Å². The highest BCUT2D eigenvalue weighted by molar-refractivity contribution is 7.98. The lowest BCUT2D eigenvalue weighted by molar-refractivity contribution is -0.115. The monoisotopic (exact) mass is 422 g/mol. The van der Waals surface area contributed by atoms with Crippen molar-refractivity contribution in [2.45, 2.75) is 17.1 Å². The molecule has 1 N–H and O–H groups in total.